The van der Waals surface area contributed by atoms with E-state index in [9.17, 15) is 4.79 Å². The molecule has 7 heteroatoms. The Morgan fingerprint density at radius 3 is 2.40 bits per heavy atom. The topological polar surface area (TPSA) is 42.9 Å². The summed E-state index contributed by atoms with van der Waals surface area (Å²) in [4.78, 5) is 12.0. The van der Waals surface area contributed by atoms with Crippen LogP contribution < -0.4 is 0 Å². The molecule has 0 saturated heterocycles. The maximum Gasteiger partial charge on any atom is 0.214 e. The van der Waals surface area contributed by atoms with Crippen molar-refractivity contribution in [2.24, 2.45) is 0 Å². The van der Waals surface area contributed by atoms with Gasteiger partial charge in [0.05, 0.1) is 0 Å². The van der Waals surface area contributed by atoms with Crippen molar-refractivity contribution >= 4 is 51.7 Å². The molecule has 0 N–H and O–H groups in total. The van der Waals surface area contributed by atoms with Gasteiger partial charge in [-0.1, -0.05) is 99.2 Å². The maximum absolute atomic E-state index is 12.0. The average molecular weight is 419 g/mol. The van der Waals surface area contributed by atoms with Gasteiger partial charge in [0.1, 0.15) is 0 Å². The van der Waals surface area contributed by atoms with Gasteiger partial charge in [0, 0.05) is 16.8 Å². The summed E-state index contributed by atoms with van der Waals surface area (Å²) in [5, 5.41) is 9.02. The molecule has 3 nitrogen and oxygen atoms in total. The zero-order valence-corrected chi connectivity index (χ0v) is 18.9. The van der Waals surface area contributed by atoms with Crippen molar-refractivity contribution in [3.05, 3.63) is 12.2 Å². The summed E-state index contributed by atoms with van der Waals surface area (Å²) in [6.45, 7) is 9.96. The Balaban J connectivity index is 2.39. The van der Waals surface area contributed by atoms with E-state index in [0.717, 1.165) is 39.4 Å². The van der Waals surface area contributed by atoms with Crippen molar-refractivity contribution < 1.29 is 4.79 Å². The first kappa shape index (κ1) is 23.1. The molecule has 0 radical (unpaired) electrons. The van der Waals surface area contributed by atoms with Crippen LogP contribution in [0.1, 0.15) is 65.7 Å². The fourth-order valence-corrected chi connectivity index (χ4v) is 6.38. The molecule has 1 heterocycles. The molecule has 0 fully saturated rings. The first-order valence-corrected chi connectivity index (χ1v) is 12.7. The number of rotatable bonds is 14. The van der Waals surface area contributed by atoms with Crippen LogP contribution in [0.3, 0.4) is 0 Å². The van der Waals surface area contributed by atoms with E-state index in [2.05, 4.69) is 30.6 Å². The summed E-state index contributed by atoms with van der Waals surface area (Å²) in [6.07, 6.45) is 8.51. The summed E-state index contributed by atoms with van der Waals surface area (Å²) in [5.41, 5.74) is 0.633. The first-order chi connectivity index (χ1) is 12.1. The Kier molecular flexibility index (Phi) is 13.0. The third-order valence-electron chi connectivity index (χ3n) is 3.51. The van der Waals surface area contributed by atoms with Crippen LogP contribution >= 0.6 is 46.6 Å². The molecule has 1 unspecified atom stereocenters. The molecule has 142 valence electrons. The minimum Gasteiger partial charge on any atom is -0.282 e. The van der Waals surface area contributed by atoms with E-state index in [-0.39, 0.29) is 5.12 Å². The summed E-state index contributed by atoms with van der Waals surface area (Å²) in [6, 6.07) is 0. The highest BCUT2D eigenvalue weighted by Crippen LogP contribution is 2.32. The monoisotopic (exact) mass is 418 g/mol. The van der Waals surface area contributed by atoms with E-state index < -0.39 is 0 Å². The molecular formula is C18H30N2OS4. The molecule has 0 amide bonds. The molecule has 0 spiro atoms. The van der Waals surface area contributed by atoms with Crippen molar-refractivity contribution in [2.75, 3.05) is 11.5 Å². The molecule has 1 atom stereocenters. The fourth-order valence-electron chi connectivity index (χ4n) is 2.03. The number of hydrogen-bond acceptors (Lipinski definition) is 7. The second-order valence-corrected chi connectivity index (χ2v) is 10.9. The molecular weight excluding hydrogens is 388 g/mol. The number of carbonyl (C=O) groups is 1. The van der Waals surface area contributed by atoms with Gasteiger partial charge in [-0.25, -0.2) is 0 Å². The van der Waals surface area contributed by atoms with E-state index in [1.165, 1.54) is 37.4 Å². The molecule has 1 aromatic heterocycles. The predicted octanol–water partition coefficient (Wildman–Crippen LogP) is 6.70. The van der Waals surface area contributed by atoms with Gasteiger partial charge in [0.2, 0.25) is 5.12 Å². The summed E-state index contributed by atoms with van der Waals surface area (Å²) in [5.74, 6) is 2.03. The Bertz CT molecular complexity index is 519. The van der Waals surface area contributed by atoms with Crippen LogP contribution in [0.5, 0.6) is 0 Å². The lowest BCUT2D eigenvalue weighted by Gasteiger charge is -2.14. The zero-order valence-electron chi connectivity index (χ0n) is 15.6. The highest BCUT2D eigenvalue weighted by Gasteiger charge is 2.16. The summed E-state index contributed by atoms with van der Waals surface area (Å²) >= 11 is 6.66. The average Bonchev–Trinajstić information content (AvgIpc) is 3.04. The number of thioether (sulfide) groups is 3. The molecule has 0 saturated carbocycles. The van der Waals surface area contributed by atoms with Crippen LogP contribution in [0.25, 0.3) is 0 Å². The Hall–Kier alpha value is 0.0200. The Morgan fingerprint density at radius 1 is 1.08 bits per heavy atom. The van der Waals surface area contributed by atoms with Gasteiger partial charge in [-0.15, -0.1) is 10.2 Å². The van der Waals surface area contributed by atoms with E-state index in [1.807, 2.05) is 11.8 Å². The lowest BCUT2D eigenvalue weighted by Crippen LogP contribution is -2.10. The number of carbonyl (C=O) groups excluding carboxylic acids is 1. The van der Waals surface area contributed by atoms with Gasteiger partial charge in [-0.2, -0.15) is 0 Å². The second-order valence-electron chi connectivity index (χ2n) is 6.00. The van der Waals surface area contributed by atoms with Crippen molar-refractivity contribution in [3.8, 4) is 0 Å². The van der Waals surface area contributed by atoms with Crippen LogP contribution in [0.4, 0.5) is 0 Å². The molecule has 1 rings (SSSR count). The van der Waals surface area contributed by atoms with Gasteiger partial charge in [0.25, 0.3) is 0 Å². The molecule has 25 heavy (non-hydrogen) atoms. The smallest absolute Gasteiger partial charge is 0.214 e. The van der Waals surface area contributed by atoms with Crippen molar-refractivity contribution in [1.82, 2.24) is 10.2 Å². The van der Waals surface area contributed by atoms with Gasteiger partial charge < -0.3 is 0 Å². The lowest BCUT2D eigenvalue weighted by molar-refractivity contribution is -0.107. The minimum absolute atomic E-state index is 0.113. The van der Waals surface area contributed by atoms with Crippen LogP contribution in [0.2, 0.25) is 0 Å². The van der Waals surface area contributed by atoms with Crippen LogP contribution in [-0.2, 0) is 4.79 Å². The van der Waals surface area contributed by atoms with E-state index >= 15 is 0 Å². The van der Waals surface area contributed by atoms with Gasteiger partial charge >= 0.3 is 0 Å². The Labute approximate surface area is 169 Å². The van der Waals surface area contributed by atoms with Crippen LogP contribution in [0, 0.1) is 0 Å². The minimum atomic E-state index is 0.113. The Morgan fingerprint density at radius 2 is 1.76 bits per heavy atom. The van der Waals surface area contributed by atoms with Gasteiger partial charge in [-0.05, 0) is 25.3 Å². The van der Waals surface area contributed by atoms with Crippen LogP contribution in [0.15, 0.2) is 20.8 Å². The fraction of sp³-hybridized carbons (Fsp3) is 0.722. The van der Waals surface area contributed by atoms with Crippen LogP contribution in [-0.4, -0.2) is 32.1 Å². The highest BCUT2D eigenvalue weighted by atomic mass is 32.2. The largest absolute Gasteiger partial charge is 0.282 e. The standard InChI is InChI=1S/C18H30N2OS4/c1-5-7-9-10-12-22-17-19-20-18(25-17)23-13-15(11-8-6-2)24-16(21)14(3)4/h15H,3,5-13H2,1-2,4H3. The quantitative estimate of drug-likeness (QED) is 0.190. The molecule has 0 bridgehead atoms. The maximum atomic E-state index is 12.0. The molecule has 0 aromatic carbocycles. The first-order valence-electron chi connectivity index (χ1n) is 9.02. The van der Waals surface area contributed by atoms with Crippen molar-refractivity contribution in [2.45, 2.75) is 79.6 Å². The lowest BCUT2D eigenvalue weighted by atomic mass is 10.2. The molecule has 0 aliphatic rings. The third-order valence-corrected chi connectivity index (χ3v) is 8.45. The van der Waals surface area contributed by atoms with Gasteiger partial charge in [-0.3, -0.25) is 4.79 Å². The SMILES string of the molecule is C=C(C)C(=O)SC(CCCC)CSc1nnc(SCCCCCC)s1. The highest BCUT2D eigenvalue weighted by molar-refractivity contribution is 8.15. The number of unbranched alkanes of at least 4 members (excludes halogenated alkanes) is 4. The molecule has 0 aliphatic carbocycles. The third kappa shape index (κ3) is 10.7. The predicted molar refractivity (Wildman–Crippen MR) is 116 cm³/mol. The summed E-state index contributed by atoms with van der Waals surface area (Å²) < 4.78 is 2.08. The number of hydrogen-bond donors (Lipinski definition) is 0. The second kappa shape index (κ2) is 14.1. The van der Waals surface area contributed by atoms with Gasteiger partial charge in [0.15, 0.2) is 8.68 Å². The van der Waals surface area contributed by atoms with Crippen molar-refractivity contribution in [3.63, 3.8) is 0 Å². The zero-order chi connectivity index (χ0) is 18.5. The number of aromatic nitrogens is 2. The summed E-state index contributed by atoms with van der Waals surface area (Å²) in [7, 11) is 0. The van der Waals surface area contributed by atoms with E-state index in [4.69, 9.17) is 0 Å². The molecule has 1 aromatic rings. The molecule has 0 aliphatic heterocycles. The number of nitrogens with zero attached hydrogens (tertiary/aromatic N) is 2. The van der Waals surface area contributed by atoms with E-state index in [0.29, 0.717) is 10.8 Å². The van der Waals surface area contributed by atoms with Crippen molar-refractivity contribution in [1.29, 1.82) is 0 Å². The van der Waals surface area contributed by atoms with E-state index in [1.54, 1.807) is 30.0 Å². The normalized spacial score (nSPS) is 12.3.